The monoisotopic (exact) mass is 311 g/mol. The van der Waals surface area contributed by atoms with Crippen molar-refractivity contribution in [2.75, 3.05) is 5.32 Å². The molecule has 0 radical (unpaired) electrons. The largest absolute Gasteiger partial charge is 0.357 e. The second-order valence-electron chi connectivity index (χ2n) is 5.16. The maximum atomic E-state index is 13.0. The maximum Gasteiger partial charge on any atom is 0.157 e. The molecule has 0 fully saturated rings. The lowest BCUT2D eigenvalue weighted by atomic mass is 9.79. The summed E-state index contributed by atoms with van der Waals surface area (Å²) < 4.78 is 13.7. The van der Waals surface area contributed by atoms with Crippen LogP contribution in [0.2, 0.25) is 0 Å². The van der Waals surface area contributed by atoms with E-state index in [0.29, 0.717) is 10.9 Å². The van der Waals surface area contributed by atoms with Crippen LogP contribution in [0, 0.1) is 11.2 Å². The smallest absolute Gasteiger partial charge is 0.157 e. The molecule has 1 aromatic rings. The van der Waals surface area contributed by atoms with E-state index in [4.69, 9.17) is 0 Å². The summed E-state index contributed by atoms with van der Waals surface area (Å²) in [6.07, 6.45) is 3.06. The SMILES string of the molecule is CC1(C)CCC(=O)C=C1Nc1ccc(F)cc1Br. The maximum absolute atomic E-state index is 13.0. The van der Waals surface area contributed by atoms with Gasteiger partial charge < -0.3 is 5.32 Å². The summed E-state index contributed by atoms with van der Waals surface area (Å²) in [5, 5.41) is 3.22. The van der Waals surface area contributed by atoms with Crippen LogP contribution in [-0.2, 0) is 4.79 Å². The van der Waals surface area contributed by atoms with E-state index in [1.165, 1.54) is 12.1 Å². The minimum absolute atomic E-state index is 0.0677. The standard InChI is InChI=1S/C14H15BrFNO/c1-14(2)6-5-10(18)8-13(14)17-12-4-3-9(16)7-11(12)15/h3-4,7-8,17H,5-6H2,1-2H3. The van der Waals surface area contributed by atoms with Crippen molar-refractivity contribution >= 4 is 27.4 Å². The van der Waals surface area contributed by atoms with Crippen LogP contribution in [0.25, 0.3) is 0 Å². The zero-order valence-electron chi connectivity index (χ0n) is 10.4. The summed E-state index contributed by atoms with van der Waals surface area (Å²) in [5.41, 5.74) is 1.58. The van der Waals surface area contributed by atoms with E-state index in [9.17, 15) is 9.18 Å². The van der Waals surface area contributed by atoms with Crippen molar-refractivity contribution in [3.8, 4) is 0 Å². The van der Waals surface area contributed by atoms with Gasteiger partial charge in [-0.15, -0.1) is 0 Å². The van der Waals surface area contributed by atoms with Gasteiger partial charge in [0, 0.05) is 28.1 Å². The van der Waals surface area contributed by atoms with Crippen LogP contribution in [0.15, 0.2) is 34.4 Å². The van der Waals surface area contributed by atoms with Crippen LogP contribution in [0.5, 0.6) is 0 Å². The molecule has 1 N–H and O–H groups in total. The molecule has 2 rings (SSSR count). The predicted molar refractivity (Wildman–Crippen MR) is 73.8 cm³/mol. The number of ketones is 1. The number of halogens is 2. The summed E-state index contributed by atoms with van der Waals surface area (Å²) >= 11 is 3.31. The first-order chi connectivity index (χ1) is 8.38. The summed E-state index contributed by atoms with van der Waals surface area (Å²) in [6, 6.07) is 4.46. The summed E-state index contributed by atoms with van der Waals surface area (Å²) in [4.78, 5) is 11.5. The van der Waals surface area contributed by atoms with Crippen LogP contribution in [0.1, 0.15) is 26.7 Å². The molecule has 0 aliphatic heterocycles. The fourth-order valence-corrected chi connectivity index (χ4v) is 2.39. The van der Waals surface area contributed by atoms with Crippen molar-refractivity contribution in [2.24, 2.45) is 5.41 Å². The molecule has 0 spiro atoms. The van der Waals surface area contributed by atoms with Crippen molar-refractivity contribution in [1.29, 1.82) is 0 Å². The Labute approximate surface area is 114 Å². The van der Waals surface area contributed by atoms with Gasteiger partial charge in [0.25, 0.3) is 0 Å². The molecule has 1 aliphatic rings. The van der Waals surface area contributed by atoms with Gasteiger partial charge in [0.1, 0.15) is 5.82 Å². The number of allylic oxidation sites excluding steroid dienone is 2. The van der Waals surface area contributed by atoms with Gasteiger partial charge in [0.05, 0.1) is 5.69 Å². The van der Waals surface area contributed by atoms with E-state index < -0.39 is 0 Å². The Morgan fingerprint density at radius 1 is 1.39 bits per heavy atom. The van der Waals surface area contributed by atoms with Crippen molar-refractivity contribution in [3.05, 3.63) is 40.3 Å². The molecule has 0 atom stereocenters. The first kappa shape index (κ1) is 13.3. The lowest BCUT2D eigenvalue weighted by Crippen LogP contribution is -2.26. The molecule has 0 bridgehead atoms. The minimum Gasteiger partial charge on any atom is -0.357 e. The molecule has 0 unspecified atom stereocenters. The van der Waals surface area contributed by atoms with Gasteiger partial charge in [-0.05, 0) is 40.5 Å². The molecule has 1 aliphatic carbocycles. The predicted octanol–water partition coefficient (Wildman–Crippen LogP) is 4.27. The lowest BCUT2D eigenvalue weighted by Gasteiger charge is -2.32. The van der Waals surface area contributed by atoms with Crippen molar-refractivity contribution in [2.45, 2.75) is 26.7 Å². The van der Waals surface area contributed by atoms with Crippen LogP contribution in [0.4, 0.5) is 10.1 Å². The topological polar surface area (TPSA) is 29.1 Å². The fraction of sp³-hybridized carbons (Fsp3) is 0.357. The van der Waals surface area contributed by atoms with Gasteiger partial charge >= 0.3 is 0 Å². The van der Waals surface area contributed by atoms with Gasteiger partial charge in [-0.25, -0.2) is 4.39 Å². The first-order valence-corrected chi connectivity index (χ1v) is 6.65. The Bertz CT molecular complexity index is 523. The number of anilines is 1. The van der Waals surface area contributed by atoms with E-state index in [-0.39, 0.29) is 17.0 Å². The number of nitrogens with one attached hydrogen (secondary N) is 1. The Balaban J connectivity index is 2.30. The van der Waals surface area contributed by atoms with Crippen molar-refractivity contribution in [3.63, 3.8) is 0 Å². The molecule has 2 nitrogen and oxygen atoms in total. The van der Waals surface area contributed by atoms with E-state index in [0.717, 1.165) is 17.8 Å². The highest BCUT2D eigenvalue weighted by atomic mass is 79.9. The highest BCUT2D eigenvalue weighted by Crippen LogP contribution is 2.37. The molecule has 0 saturated heterocycles. The number of carbonyl (C=O) groups is 1. The van der Waals surface area contributed by atoms with Crippen molar-refractivity contribution in [1.82, 2.24) is 0 Å². The van der Waals surface area contributed by atoms with Gasteiger partial charge in [-0.1, -0.05) is 13.8 Å². The highest BCUT2D eigenvalue weighted by molar-refractivity contribution is 9.10. The first-order valence-electron chi connectivity index (χ1n) is 5.85. The van der Waals surface area contributed by atoms with E-state index in [2.05, 4.69) is 35.1 Å². The Hall–Kier alpha value is -1.16. The Kier molecular flexibility index (Phi) is 3.57. The van der Waals surface area contributed by atoms with E-state index in [1.807, 2.05) is 0 Å². The molecule has 96 valence electrons. The Morgan fingerprint density at radius 3 is 2.78 bits per heavy atom. The number of carbonyl (C=O) groups excluding carboxylic acids is 1. The normalized spacial score (nSPS) is 18.4. The van der Waals surface area contributed by atoms with E-state index >= 15 is 0 Å². The number of rotatable bonds is 2. The molecule has 0 saturated carbocycles. The van der Waals surface area contributed by atoms with Gasteiger partial charge in [0.2, 0.25) is 0 Å². The third-order valence-electron chi connectivity index (χ3n) is 3.23. The second-order valence-corrected chi connectivity index (χ2v) is 6.01. The quantitative estimate of drug-likeness (QED) is 0.883. The second kappa shape index (κ2) is 4.84. The zero-order valence-corrected chi connectivity index (χ0v) is 12.0. The highest BCUT2D eigenvalue weighted by Gasteiger charge is 2.29. The molecule has 0 amide bonds. The fourth-order valence-electron chi connectivity index (χ4n) is 1.94. The minimum atomic E-state index is -0.291. The third kappa shape index (κ3) is 2.80. The van der Waals surface area contributed by atoms with Crippen LogP contribution < -0.4 is 5.32 Å². The average molecular weight is 312 g/mol. The third-order valence-corrected chi connectivity index (χ3v) is 3.89. The average Bonchev–Trinajstić information content (AvgIpc) is 2.27. The Morgan fingerprint density at radius 2 is 2.11 bits per heavy atom. The number of hydrogen-bond acceptors (Lipinski definition) is 2. The lowest BCUT2D eigenvalue weighted by molar-refractivity contribution is -0.115. The van der Waals surface area contributed by atoms with Gasteiger partial charge in [-0.3, -0.25) is 4.79 Å². The summed E-state index contributed by atoms with van der Waals surface area (Å²) in [7, 11) is 0. The van der Waals surface area contributed by atoms with Crippen LogP contribution in [0.3, 0.4) is 0 Å². The molecule has 4 heteroatoms. The molecule has 0 aromatic heterocycles. The summed E-state index contributed by atoms with van der Waals surface area (Å²) in [5.74, 6) is -0.157. The van der Waals surface area contributed by atoms with Crippen LogP contribution in [-0.4, -0.2) is 5.78 Å². The van der Waals surface area contributed by atoms with E-state index in [1.54, 1.807) is 12.1 Å². The summed E-state index contributed by atoms with van der Waals surface area (Å²) in [6.45, 7) is 4.19. The van der Waals surface area contributed by atoms with Gasteiger partial charge in [-0.2, -0.15) is 0 Å². The molecular formula is C14H15BrFNO. The van der Waals surface area contributed by atoms with Gasteiger partial charge in [0.15, 0.2) is 5.78 Å². The number of hydrogen-bond donors (Lipinski definition) is 1. The zero-order chi connectivity index (χ0) is 13.3. The molecule has 1 aromatic carbocycles. The molecule has 18 heavy (non-hydrogen) atoms. The number of benzene rings is 1. The molecular weight excluding hydrogens is 297 g/mol. The van der Waals surface area contributed by atoms with Crippen molar-refractivity contribution < 1.29 is 9.18 Å². The molecule has 0 heterocycles. The van der Waals surface area contributed by atoms with Crippen LogP contribution >= 0.6 is 15.9 Å².